The number of rotatable bonds is 7. The van der Waals surface area contributed by atoms with Gasteiger partial charge < -0.3 is 19.0 Å². The molecule has 0 saturated heterocycles. The van der Waals surface area contributed by atoms with Gasteiger partial charge >= 0.3 is 0 Å². The highest BCUT2D eigenvalue weighted by molar-refractivity contribution is 6.16. The third kappa shape index (κ3) is 3.45. The Morgan fingerprint density at radius 1 is 1.06 bits per heavy atom. The largest absolute Gasteiger partial charge is 0.503 e. The molecule has 1 aliphatic rings. The number of amides is 1. The Balaban J connectivity index is 1.49. The Bertz CT molecular complexity index is 1280. The molecule has 32 heavy (non-hydrogen) atoms. The zero-order valence-electron chi connectivity index (χ0n) is 17.1. The van der Waals surface area contributed by atoms with Crippen LogP contribution in [0.5, 0.6) is 0 Å². The molecule has 1 N–H and O–H groups in total. The normalized spacial score (nSPS) is 16.3. The number of imidazole rings is 1. The quantitative estimate of drug-likeness (QED) is 0.451. The first-order valence-electron chi connectivity index (χ1n) is 10.3. The SMILES string of the molecule is O=C(C1=C(O)C(=O)N(CCCn2ccnc2)C1c1ccncc1)c1cc2ccccc2o1. The van der Waals surface area contributed by atoms with Gasteiger partial charge in [0.05, 0.1) is 17.9 Å². The number of carbonyl (C=O) groups excluding carboxylic acids is 2. The third-order valence-corrected chi connectivity index (χ3v) is 5.59. The smallest absolute Gasteiger partial charge is 0.290 e. The second-order valence-electron chi connectivity index (χ2n) is 7.58. The number of furan rings is 1. The van der Waals surface area contributed by atoms with Gasteiger partial charge in [0.25, 0.3) is 5.91 Å². The van der Waals surface area contributed by atoms with Crippen molar-refractivity contribution >= 4 is 22.7 Å². The molecule has 0 bridgehead atoms. The van der Waals surface area contributed by atoms with Crippen LogP contribution in [0.4, 0.5) is 0 Å². The first-order valence-corrected chi connectivity index (χ1v) is 10.3. The molecule has 160 valence electrons. The molecule has 8 nitrogen and oxygen atoms in total. The molecule has 0 fully saturated rings. The molecular weight excluding hydrogens is 408 g/mol. The molecule has 8 heteroatoms. The van der Waals surface area contributed by atoms with Crippen LogP contribution in [-0.4, -0.2) is 42.8 Å². The van der Waals surface area contributed by atoms with E-state index in [4.69, 9.17) is 4.42 Å². The Morgan fingerprint density at radius 2 is 1.88 bits per heavy atom. The maximum Gasteiger partial charge on any atom is 0.290 e. The highest BCUT2D eigenvalue weighted by atomic mass is 16.3. The number of para-hydroxylation sites is 1. The predicted octanol–water partition coefficient (Wildman–Crippen LogP) is 3.69. The van der Waals surface area contributed by atoms with Crippen molar-refractivity contribution in [3.05, 3.63) is 96.2 Å². The Hall–Kier alpha value is -4.20. The maximum atomic E-state index is 13.4. The van der Waals surface area contributed by atoms with Crippen molar-refractivity contribution in [3.63, 3.8) is 0 Å². The van der Waals surface area contributed by atoms with Crippen molar-refractivity contribution in [2.75, 3.05) is 6.54 Å². The first-order chi connectivity index (χ1) is 15.6. The minimum absolute atomic E-state index is 0.0166. The monoisotopic (exact) mass is 428 g/mol. The van der Waals surface area contributed by atoms with E-state index in [9.17, 15) is 14.7 Å². The lowest BCUT2D eigenvalue weighted by Crippen LogP contribution is -2.32. The number of fused-ring (bicyclic) bond motifs is 1. The highest BCUT2D eigenvalue weighted by Gasteiger charge is 2.44. The van der Waals surface area contributed by atoms with Gasteiger partial charge in [-0.15, -0.1) is 0 Å². The average Bonchev–Trinajstić information content (AvgIpc) is 3.54. The van der Waals surface area contributed by atoms with Gasteiger partial charge in [-0.2, -0.15) is 0 Å². The predicted molar refractivity (Wildman–Crippen MR) is 116 cm³/mol. The summed E-state index contributed by atoms with van der Waals surface area (Å²) >= 11 is 0. The molecule has 0 aliphatic carbocycles. The molecule has 1 aromatic carbocycles. The fourth-order valence-electron chi connectivity index (χ4n) is 4.08. The fourth-order valence-corrected chi connectivity index (χ4v) is 4.08. The van der Waals surface area contributed by atoms with Crippen LogP contribution in [0, 0.1) is 0 Å². The average molecular weight is 428 g/mol. The zero-order valence-corrected chi connectivity index (χ0v) is 17.1. The van der Waals surface area contributed by atoms with Gasteiger partial charge in [0.15, 0.2) is 11.5 Å². The summed E-state index contributed by atoms with van der Waals surface area (Å²) in [5.74, 6) is -1.54. The van der Waals surface area contributed by atoms with E-state index >= 15 is 0 Å². The van der Waals surface area contributed by atoms with Gasteiger partial charge in [-0.05, 0) is 36.2 Å². The Kier molecular flexibility index (Phi) is 5.03. The molecule has 3 aromatic heterocycles. The van der Waals surface area contributed by atoms with Gasteiger partial charge in [-0.1, -0.05) is 18.2 Å². The van der Waals surface area contributed by atoms with E-state index < -0.39 is 23.5 Å². The van der Waals surface area contributed by atoms with Crippen LogP contribution in [0.3, 0.4) is 0 Å². The minimum Gasteiger partial charge on any atom is -0.503 e. The Labute approximate surface area is 183 Å². The summed E-state index contributed by atoms with van der Waals surface area (Å²) in [5.41, 5.74) is 1.28. The van der Waals surface area contributed by atoms with Crippen LogP contribution in [0.25, 0.3) is 11.0 Å². The Morgan fingerprint density at radius 3 is 2.62 bits per heavy atom. The van der Waals surface area contributed by atoms with Crippen molar-refractivity contribution < 1.29 is 19.1 Å². The first kappa shape index (κ1) is 19.7. The standard InChI is InChI=1S/C24H20N4O4/c29-22(19-14-17-4-1-2-5-18(17)32-19)20-21(16-6-8-25-9-7-16)28(24(31)23(20)30)12-3-11-27-13-10-26-15-27/h1-2,4-10,13-15,21,30H,3,11-12H2. The molecule has 0 saturated carbocycles. The van der Waals surface area contributed by atoms with Gasteiger partial charge in [-0.3, -0.25) is 14.6 Å². The molecule has 4 aromatic rings. The number of hydrogen-bond acceptors (Lipinski definition) is 6. The van der Waals surface area contributed by atoms with E-state index in [0.29, 0.717) is 30.7 Å². The molecule has 4 heterocycles. The second-order valence-corrected chi connectivity index (χ2v) is 7.58. The lowest BCUT2D eigenvalue weighted by Gasteiger charge is -2.26. The van der Waals surface area contributed by atoms with Crippen molar-refractivity contribution in [1.29, 1.82) is 0 Å². The lowest BCUT2D eigenvalue weighted by molar-refractivity contribution is -0.129. The number of nitrogens with zero attached hydrogens (tertiary/aromatic N) is 4. The van der Waals surface area contributed by atoms with Crippen LogP contribution in [0.1, 0.15) is 28.6 Å². The van der Waals surface area contributed by atoms with E-state index in [1.165, 1.54) is 4.90 Å². The van der Waals surface area contributed by atoms with Crippen LogP contribution in [-0.2, 0) is 11.3 Å². The van der Waals surface area contributed by atoms with Crippen molar-refractivity contribution in [2.45, 2.75) is 19.0 Å². The number of aryl methyl sites for hydroxylation is 1. The number of ketones is 1. The third-order valence-electron chi connectivity index (χ3n) is 5.59. The number of aliphatic hydroxyl groups excluding tert-OH is 1. The summed E-state index contributed by atoms with van der Waals surface area (Å²) in [7, 11) is 0. The number of aromatic nitrogens is 3. The van der Waals surface area contributed by atoms with Crippen molar-refractivity contribution in [1.82, 2.24) is 19.4 Å². The van der Waals surface area contributed by atoms with E-state index in [1.807, 2.05) is 29.0 Å². The van der Waals surface area contributed by atoms with Crippen LogP contribution >= 0.6 is 0 Å². The number of aliphatic hydroxyl groups is 1. The van der Waals surface area contributed by atoms with E-state index in [-0.39, 0.29) is 11.3 Å². The summed E-state index contributed by atoms with van der Waals surface area (Å²) in [6.45, 7) is 1.01. The van der Waals surface area contributed by atoms with Gasteiger partial charge in [0.2, 0.25) is 5.78 Å². The van der Waals surface area contributed by atoms with E-state index in [1.54, 1.807) is 49.2 Å². The summed E-state index contributed by atoms with van der Waals surface area (Å²) in [5, 5.41) is 11.5. The van der Waals surface area contributed by atoms with Gasteiger partial charge in [-0.25, -0.2) is 4.98 Å². The second kappa shape index (κ2) is 8.14. The topological polar surface area (TPSA) is 101 Å². The van der Waals surface area contributed by atoms with E-state index in [0.717, 1.165) is 5.39 Å². The summed E-state index contributed by atoms with van der Waals surface area (Å²) in [4.78, 5) is 36.0. The molecular formula is C24H20N4O4. The lowest BCUT2D eigenvalue weighted by atomic mass is 9.95. The molecule has 5 rings (SSSR count). The highest BCUT2D eigenvalue weighted by Crippen LogP contribution is 2.39. The number of carbonyl (C=O) groups is 2. The summed E-state index contributed by atoms with van der Waals surface area (Å²) < 4.78 is 7.64. The van der Waals surface area contributed by atoms with Crippen molar-refractivity contribution in [2.24, 2.45) is 0 Å². The number of Topliss-reactive ketones (excluding diaryl/α,β-unsaturated/α-hetero) is 1. The zero-order chi connectivity index (χ0) is 22.1. The van der Waals surface area contributed by atoms with Gasteiger partial charge in [0.1, 0.15) is 5.58 Å². The fraction of sp³-hybridized carbons (Fsp3) is 0.167. The summed E-state index contributed by atoms with van der Waals surface area (Å²) in [6, 6.07) is 11.7. The molecule has 0 spiro atoms. The van der Waals surface area contributed by atoms with Crippen LogP contribution < -0.4 is 0 Å². The number of benzene rings is 1. The number of hydrogen-bond donors (Lipinski definition) is 1. The van der Waals surface area contributed by atoms with Crippen LogP contribution in [0.2, 0.25) is 0 Å². The number of pyridine rings is 1. The maximum absolute atomic E-state index is 13.4. The van der Waals surface area contributed by atoms with Gasteiger partial charge in [0, 0.05) is 43.3 Å². The molecule has 1 aliphatic heterocycles. The molecule has 1 unspecified atom stereocenters. The molecule has 1 atom stereocenters. The molecule has 1 amide bonds. The minimum atomic E-state index is -0.728. The van der Waals surface area contributed by atoms with Crippen LogP contribution in [0.15, 0.2) is 89.3 Å². The van der Waals surface area contributed by atoms with Crippen molar-refractivity contribution in [3.8, 4) is 0 Å². The molecule has 0 radical (unpaired) electrons. The van der Waals surface area contributed by atoms with E-state index in [2.05, 4.69) is 9.97 Å². The summed E-state index contributed by atoms with van der Waals surface area (Å²) in [6.07, 6.45) is 9.07.